The lowest BCUT2D eigenvalue weighted by molar-refractivity contribution is 0.0693. The van der Waals surface area contributed by atoms with Gasteiger partial charge in [-0.15, -0.1) is 0 Å². The quantitative estimate of drug-likeness (QED) is 0.660. The van der Waals surface area contributed by atoms with Crippen LogP contribution in [0.4, 0.5) is 0 Å². The van der Waals surface area contributed by atoms with Crippen molar-refractivity contribution in [3.8, 4) is 11.4 Å². The van der Waals surface area contributed by atoms with E-state index in [9.17, 15) is 14.7 Å². The Morgan fingerprint density at radius 2 is 1.90 bits per heavy atom. The van der Waals surface area contributed by atoms with E-state index in [2.05, 4.69) is 4.98 Å². The molecule has 3 aromatic rings. The number of hydrogen-bond donors (Lipinski definition) is 3. The Balaban J connectivity index is 2.31. The van der Waals surface area contributed by atoms with E-state index in [0.717, 1.165) is 0 Å². The molecule has 3 N–H and O–H groups in total. The number of aromatic amines is 1. The molecule has 6 nitrogen and oxygen atoms in total. The number of H-pyrrole nitrogens is 1. The summed E-state index contributed by atoms with van der Waals surface area (Å²) in [6.07, 6.45) is 0. The molecule has 0 aliphatic carbocycles. The van der Waals surface area contributed by atoms with Crippen LogP contribution in [0.5, 0.6) is 5.75 Å². The van der Waals surface area contributed by atoms with Crippen LogP contribution in [-0.4, -0.2) is 25.7 Å². The number of benzene rings is 2. The van der Waals surface area contributed by atoms with Crippen LogP contribution in [0.3, 0.4) is 0 Å². The summed E-state index contributed by atoms with van der Waals surface area (Å²) >= 11 is 0. The third-order valence-corrected chi connectivity index (χ3v) is 3.06. The minimum atomic E-state index is -1.25. The van der Waals surface area contributed by atoms with Crippen molar-refractivity contribution in [2.75, 3.05) is 0 Å². The van der Waals surface area contributed by atoms with Gasteiger partial charge in [-0.1, -0.05) is 12.1 Å². The second-order valence-corrected chi connectivity index (χ2v) is 4.29. The second kappa shape index (κ2) is 4.27. The van der Waals surface area contributed by atoms with Gasteiger partial charge in [-0.3, -0.25) is 4.57 Å². The molecular formula is C14H10N2O4. The van der Waals surface area contributed by atoms with Gasteiger partial charge in [-0.05, 0) is 30.3 Å². The van der Waals surface area contributed by atoms with Crippen molar-refractivity contribution in [2.24, 2.45) is 0 Å². The maximum Gasteiger partial charge on any atom is 0.339 e. The zero-order valence-corrected chi connectivity index (χ0v) is 10.2. The number of fused-ring (bicyclic) bond motifs is 1. The van der Waals surface area contributed by atoms with E-state index in [-0.39, 0.29) is 17.0 Å². The third-order valence-electron chi connectivity index (χ3n) is 3.06. The molecule has 1 heterocycles. The number of carboxylic acids is 1. The van der Waals surface area contributed by atoms with Crippen LogP contribution >= 0.6 is 0 Å². The van der Waals surface area contributed by atoms with Gasteiger partial charge >= 0.3 is 11.7 Å². The lowest BCUT2D eigenvalue weighted by atomic mass is 10.1. The van der Waals surface area contributed by atoms with E-state index in [0.29, 0.717) is 16.7 Å². The predicted octanol–water partition coefficient (Wildman–Crippen LogP) is 1.72. The normalized spacial score (nSPS) is 10.8. The highest BCUT2D eigenvalue weighted by Crippen LogP contribution is 2.22. The Morgan fingerprint density at radius 1 is 1.15 bits per heavy atom. The predicted molar refractivity (Wildman–Crippen MR) is 72.5 cm³/mol. The Labute approximate surface area is 112 Å². The lowest BCUT2D eigenvalue weighted by Gasteiger charge is -2.06. The van der Waals surface area contributed by atoms with Crippen molar-refractivity contribution in [2.45, 2.75) is 0 Å². The van der Waals surface area contributed by atoms with Gasteiger partial charge in [-0.25, -0.2) is 9.59 Å². The first kappa shape index (κ1) is 12.0. The first-order chi connectivity index (χ1) is 9.58. The smallest absolute Gasteiger partial charge is 0.339 e. The summed E-state index contributed by atoms with van der Waals surface area (Å²) in [5.41, 5.74) is 1.05. The first-order valence-corrected chi connectivity index (χ1v) is 5.84. The van der Waals surface area contributed by atoms with Gasteiger partial charge in [-0.2, -0.15) is 0 Å². The zero-order valence-electron chi connectivity index (χ0n) is 10.2. The van der Waals surface area contributed by atoms with Crippen molar-refractivity contribution in [3.05, 3.63) is 58.5 Å². The van der Waals surface area contributed by atoms with Gasteiger partial charge in [0.25, 0.3) is 0 Å². The second-order valence-electron chi connectivity index (χ2n) is 4.29. The third kappa shape index (κ3) is 1.74. The van der Waals surface area contributed by atoms with Gasteiger partial charge in [0.1, 0.15) is 11.3 Å². The summed E-state index contributed by atoms with van der Waals surface area (Å²) in [5.74, 6) is -1.59. The molecule has 0 aliphatic heterocycles. The van der Waals surface area contributed by atoms with Gasteiger partial charge in [0, 0.05) is 0 Å². The van der Waals surface area contributed by atoms with Gasteiger partial charge in [0.2, 0.25) is 0 Å². The van der Waals surface area contributed by atoms with Crippen LogP contribution in [0.25, 0.3) is 16.7 Å². The van der Waals surface area contributed by atoms with E-state index in [1.165, 1.54) is 22.8 Å². The van der Waals surface area contributed by atoms with Crippen LogP contribution < -0.4 is 5.69 Å². The molecule has 100 valence electrons. The molecule has 1 aromatic heterocycles. The van der Waals surface area contributed by atoms with Crippen molar-refractivity contribution in [1.29, 1.82) is 0 Å². The van der Waals surface area contributed by atoms with Crippen LogP contribution in [0, 0.1) is 0 Å². The minimum absolute atomic E-state index is 0.250. The fraction of sp³-hybridized carbons (Fsp3) is 0. The van der Waals surface area contributed by atoms with E-state index < -0.39 is 5.97 Å². The van der Waals surface area contributed by atoms with Crippen LogP contribution in [0.1, 0.15) is 10.4 Å². The molecule has 0 saturated heterocycles. The summed E-state index contributed by atoms with van der Waals surface area (Å²) in [6, 6.07) is 11.1. The van der Waals surface area contributed by atoms with Crippen molar-refractivity contribution < 1.29 is 15.0 Å². The number of nitrogens with one attached hydrogen (secondary N) is 1. The fourth-order valence-corrected chi connectivity index (χ4v) is 2.15. The molecule has 0 atom stereocenters. The molecule has 6 heteroatoms. The average Bonchev–Trinajstić information content (AvgIpc) is 2.75. The molecule has 0 aliphatic rings. The number of phenols is 1. The number of aromatic nitrogens is 2. The number of hydrogen-bond acceptors (Lipinski definition) is 3. The summed E-state index contributed by atoms with van der Waals surface area (Å²) in [6.45, 7) is 0. The van der Waals surface area contributed by atoms with E-state index in [4.69, 9.17) is 5.11 Å². The molecule has 2 aromatic carbocycles. The van der Waals surface area contributed by atoms with E-state index in [1.807, 2.05) is 0 Å². The van der Waals surface area contributed by atoms with Crippen LogP contribution in [0.15, 0.2) is 47.3 Å². The Kier molecular flexibility index (Phi) is 2.57. The maximum atomic E-state index is 12.0. The van der Waals surface area contributed by atoms with Crippen LogP contribution in [0.2, 0.25) is 0 Å². The topological polar surface area (TPSA) is 95.3 Å². The van der Waals surface area contributed by atoms with Crippen molar-refractivity contribution in [3.63, 3.8) is 0 Å². The molecular weight excluding hydrogens is 260 g/mol. The lowest BCUT2D eigenvalue weighted by Crippen LogP contribution is -2.15. The Morgan fingerprint density at radius 3 is 2.65 bits per heavy atom. The summed E-state index contributed by atoms with van der Waals surface area (Å²) in [7, 11) is 0. The first-order valence-electron chi connectivity index (χ1n) is 5.84. The number of aromatic hydroxyl groups is 1. The van der Waals surface area contributed by atoms with Crippen molar-refractivity contribution >= 4 is 17.0 Å². The summed E-state index contributed by atoms with van der Waals surface area (Å²) in [5, 5.41) is 18.5. The molecule has 20 heavy (non-hydrogen) atoms. The van der Waals surface area contributed by atoms with Crippen LogP contribution in [-0.2, 0) is 0 Å². The Hall–Kier alpha value is -3.02. The summed E-state index contributed by atoms with van der Waals surface area (Å²) < 4.78 is 1.36. The van der Waals surface area contributed by atoms with Gasteiger partial charge in [0.05, 0.1) is 16.7 Å². The molecule has 0 spiro atoms. The molecule has 0 saturated carbocycles. The number of nitrogens with zero attached hydrogens (tertiary/aromatic N) is 1. The largest absolute Gasteiger partial charge is 0.507 e. The molecule has 3 rings (SSSR count). The SMILES string of the molecule is O=C(O)c1cc(-n2c(=O)[nH]c3ccccc32)ccc1O. The number of para-hydroxylation sites is 2. The van der Waals surface area contributed by atoms with Crippen molar-refractivity contribution in [1.82, 2.24) is 9.55 Å². The number of imidazole rings is 1. The molecule has 0 fully saturated rings. The fourth-order valence-electron chi connectivity index (χ4n) is 2.15. The van der Waals surface area contributed by atoms with Gasteiger partial charge in [0.15, 0.2) is 0 Å². The highest BCUT2D eigenvalue weighted by molar-refractivity contribution is 5.91. The number of rotatable bonds is 2. The molecule has 0 unspecified atom stereocenters. The summed E-state index contributed by atoms with van der Waals surface area (Å²) in [4.78, 5) is 25.7. The highest BCUT2D eigenvalue weighted by atomic mass is 16.4. The molecule has 0 radical (unpaired) electrons. The average molecular weight is 270 g/mol. The van der Waals surface area contributed by atoms with Gasteiger partial charge < -0.3 is 15.2 Å². The van der Waals surface area contributed by atoms with E-state index in [1.54, 1.807) is 24.3 Å². The maximum absolute atomic E-state index is 12.0. The monoisotopic (exact) mass is 270 g/mol. The zero-order chi connectivity index (χ0) is 14.3. The standard InChI is InChI=1S/C14H10N2O4/c17-12-6-5-8(7-9(12)13(18)19)16-11-4-2-1-3-10(11)15-14(16)20/h1-7,17H,(H,15,20)(H,18,19). The number of carboxylic acid groups (broad SMARTS) is 1. The minimum Gasteiger partial charge on any atom is -0.507 e. The number of carbonyl (C=O) groups is 1. The number of aromatic carboxylic acids is 1. The highest BCUT2D eigenvalue weighted by Gasteiger charge is 2.14. The Bertz CT molecular complexity index is 876. The van der Waals surface area contributed by atoms with E-state index >= 15 is 0 Å². The molecule has 0 amide bonds. The molecule has 0 bridgehead atoms.